The van der Waals surface area contributed by atoms with Crippen LogP contribution < -0.4 is 0 Å². The van der Waals surface area contributed by atoms with Crippen molar-refractivity contribution in [2.45, 2.75) is 18.3 Å². The Hall–Kier alpha value is -1.78. The number of carbonyl (C=O) groups excluding carboxylic acids is 1. The first-order valence-corrected chi connectivity index (χ1v) is 4.42. The molecule has 1 aliphatic carbocycles. The Labute approximate surface area is 84.8 Å². The molecule has 0 radical (unpaired) electrons. The number of aliphatic carboxylic acids is 1. The van der Waals surface area contributed by atoms with E-state index >= 15 is 0 Å². The lowest BCUT2D eigenvalue weighted by Gasteiger charge is -2.35. The van der Waals surface area contributed by atoms with Gasteiger partial charge in [0.25, 0.3) is 0 Å². The van der Waals surface area contributed by atoms with Gasteiger partial charge in [0.15, 0.2) is 0 Å². The molecule has 2 rings (SSSR count). The molecule has 0 unspecified atom stereocenters. The van der Waals surface area contributed by atoms with Gasteiger partial charge in [-0.3, -0.25) is 14.6 Å². The van der Waals surface area contributed by atoms with E-state index in [0.717, 1.165) is 12.3 Å². The van der Waals surface area contributed by atoms with E-state index < -0.39 is 17.2 Å². The van der Waals surface area contributed by atoms with Crippen LogP contribution in [-0.4, -0.2) is 21.8 Å². The summed E-state index contributed by atoms with van der Waals surface area (Å²) in [7, 11) is 0. The van der Waals surface area contributed by atoms with Crippen LogP contribution in [0.3, 0.4) is 0 Å². The van der Waals surface area contributed by atoms with E-state index in [9.17, 15) is 14.0 Å². The van der Waals surface area contributed by atoms with Crippen molar-refractivity contribution < 1.29 is 19.1 Å². The lowest BCUT2D eigenvalue weighted by atomic mass is 9.65. The molecule has 5 heteroatoms. The standard InChI is InChI=1S/C10H8FNO3/c11-6-1-2-8(12-5-6)10(9(14)15)3-7(13)4-10/h1-2,5H,3-4H2,(H,14,15). The van der Waals surface area contributed by atoms with Crippen LogP contribution in [0.25, 0.3) is 0 Å². The van der Waals surface area contributed by atoms with Gasteiger partial charge in [0.2, 0.25) is 0 Å². The van der Waals surface area contributed by atoms with Crippen molar-refractivity contribution in [1.82, 2.24) is 4.98 Å². The summed E-state index contributed by atoms with van der Waals surface area (Å²) in [4.78, 5) is 25.7. The van der Waals surface area contributed by atoms with E-state index in [1.54, 1.807) is 0 Å². The van der Waals surface area contributed by atoms with Crippen LogP contribution in [-0.2, 0) is 15.0 Å². The fourth-order valence-electron chi connectivity index (χ4n) is 1.72. The van der Waals surface area contributed by atoms with E-state index in [0.29, 0.717) is 0 Å². The summed E-state index contributed by atoms with van der Waals surface area (Å²) >= 11 is 0. The van der Waals surface area contributed by atoms with Crippen LogP contribution in [0.2, 0.25) is 0 Å². The van der Waals surface area contributed by atoms with E-state index in [2.05, 4.69) is 4.98 Å². The number of carboxylic acid groups (broad SMARTS) is 1. The van der Waals surface area contributed by atoms with Crippen LogP contribution in [0.15, 0.2) is 18.3 Å². The number of nitrogens with zero attached hydrogens (tertiary/aromatic N) is 1. The number of ketones is 1. The van der Waals surface area contributed by atoms with Crippen molar-refractivity contribution in [2.24, 2.45) is 0 Å². The van der Waals surface area contributed by atoms with Gasteiger partial charge in [-0.2, -0.15) is 0 Å². The maximum absolute atomic E-state index is 12.6. The Kier molecular flexibility index (Phi) is 2.03. The zero-order valence-corrected chi connectivity index (χ0v) is 7.74. The Morgan fingerprint density at radius 1 is 1.47 bits per heavy atom. The third-order valence-electron chi connectivity index (χ3n) is 2.62. The zero-order valence-electron chi connectivity index (χ0n) is 7.74. The minimum Gasteiger partial charge on any atom is -0.481 e. The van der Waals surface area contributed by atoms with E-state index in [1.807, 2.05) is 0 Å². The lowest BCUT2D eigenvalue weighted by Crippen LogP contribution is -2.48. The molecule has 1 heterocycles. The molecular weight excluding hydrogens is 201 g/mol. The Bertz CT molecular complexity index is 419. The van der Waals surface area contributed by atoms with Crippen molar-refractivity contribution >= 4 is 11.8 Å². The summed E-state index contributed by atoms with van der Waals surface area (Å²) < 4.78 is 12.6. The first-order chi connectivity index (χ1) is 7.04. The summed E-state index contributed by atoms with van der Waals surface area (Å²) in [5, 5.41) is 9.04. The van der Waals surface area contributed by atoms with E-state index in [1.165, 1.54) is 6.07 Å². The Morgan fingerprint density at radius 3 is 2.53 bits per heavy atom. The molecule has 1 N–H and O–H groups in total. The number of Topliss-reactive ketones (excluding diaryl/α,β-unsaturated/α-hetero) is 1. The average molecular weight is 209 g/mol. The average Bonchev–Trinajstić information content (AvgIpc) is 2.13. The first kappa shape index (κ1) is 9.76. The molecule has 0 saturated heterocycles. The van der Waals surface area contributed by atoms with Crippen LogP contribution in [0.1, 0.15) is 18.5 Å². The van der Waals surface area contributed by atoms with Gasteiger partial charge in [0.05, 0.1) is 11.9 Å². The predicted octanol–water partition coefficient (Wildman–Crippen LogP) is 0.906. The molecule has 1 aromatic rings. The molecule has 1 aromatic heterocycles. The molecule has 0 atom stereocenters. The Balaban J connectivity index is 2.38. The molecule has 0 aromatic carbocycles. The van der Waals surface area contributed by atoms with Crippen molar-refractivity contribution in [3.8, 4) is 0 Å². The zero-order chi connectivity index (χ0) is 11.1. The van der Waals surface area contributed by atoms with Gasteiger partial charge >= 0.3 is 5.97 Å². The highest BCUT2D eigenvalue weighted by atomic mass is 19.1. The molecular formula is C10H8FNO3. The van der Waals surface area contributed by atoms with Crippen molar-refractivity contribution in [1.29, 1.82) is 0 Å². The summed E-state index contributed by atoms with van der Waals surface area (Å²) in [5.41, 5.74) is -0.985. The number of hydrogen-bond donors (Lipinski definition) is 1. The largest absolute Gasteiger partial charge is 0.481 e. The maximum atomic E-state index is 12.6. The molecule has 1 aliphatic rings. The third kappa shape index (κ3) is 1.40. The number of pyridine rings is 1. The van der Waals surface area contributed by atoms with E-state index in [-0.39, 0.29) is 24.3 Å². The van der Waals surface area contributed by atoms with Crippen LogP contribution in [0, 0.1) is 5.82 Å². The monoisotopic (exact) mass is 209 g/mol. The third-order valence-corrected chi connectivity index (χ3v) is 2.62. The van der Waals surface area contributed by atoms with Crippen LogP contribution >= 0.6 is 0 Å². The number of carbonyl (C=O) groups is 2. The van der Waals surface area contributed by atoms with E-state index in [4.69, 9.17) is 5.11 Å². The minimum atomic E-state index is -1.23. The van der Waals surface area contributed by atoms with Gasteiger partial charge in [-0.1, -0.05) is 0 Å². The SMILES string of the molecule is O=C1CC(C(=O)O)(c2ccc(F)cn2)C1. The molecule has 1 fully saturated rings. The van der Waals surface area contributed by atoms with Crippen LogP contribution in [0.4, 0.5) is 4.39 Å². The smallest absolute Gasteiger partial charge is 0.316 e. The number of aromatic nitrogens is 1. The van der Waals surface area contributed by atoms with Crippen molar-refractivity contribution in [3.63, 3.8) is 0 Å². The highest BCUT2D eigenvalue weighted by Crippen LogP contribution is 2.40. The first-order valence-electron chi connectivity index (χ1n) is 4.42. The summed E-state index contributed by atoms with van der Waals surface area (Å²) in [6, 6.07) is 2.46. The van der Waals surface area contributed by atoms with Gasteiger partial charge in [0, 0.05) is 12.8 Å². The highest BCUT2D eigenvalue weighted by Gasteiger charge is 2.52. The van der Waals surface area contributed by atoms with Gasteiger partial charge in [-0.25, -0.2) is 4.39 Å². The lowest BCUT2D eigenvalue weighted by molar-refractivity contribution is -0.153. The van der Waals surface area contributed by atoms with Gasteiger partial charge in [0.1, 0.15) is 17.0 Å². The van der Waals surface area contributed by atoms with Gasteiger partial charge < -0.3 is 5.11 Å². The van der Waals surface area contributed by atoms with Crippen LogP contribution in [0.5, 0.6) is 0 Å². The number of carboxylic acids is 1. The summed E-state index contributed by atoms with van der Waals surface area (Å²) in [6.45, 7) is 0. The second-order valence-corrected chi connectivity index (χ2v) is 3.64. The number of hydrogen-bond acceptors (Lipinski definition) is 3. The maximum Gasteiger partial charge on any atom is 0.316 e. The van der Waals surface area contributed by atoms with Crippen molar-refractivity contribution in [3.05, 3.63) is 29.8 Å². The minimum absolute atomic E-state index is 0.0546. The number of rotatable bonds is 2. The molecule has 15 heavy (non-hydrogen) atoms. The molecule has 78 valence electrons. The molecule has 0 aliphatic heterocycles. The quantitative estimate of drug-likeness (QED) is 0.785. The molecule has 0 spiro atoms. The normalized spacial score (nSPS) is 18.3. The topological polar surface area (TPSA) is 67.3 Å². The van der Waals surface area contributed by atoms with Gasteiger partial charge in [-0.15, -0.1) is 0 Å². The number of halogens is 1. The summed E-state index contributed by atoms with van der Waals surface area (Å²) in [5.74, 6) is -1.71. The highest BCUT2D eigenvalue weighted by molar-refractivity contribution is 6.01. The Morgan fingerprint density at radius 2 is 2.13 bits per heavy atom. The van der Waals surface area contributed by atoms with Gasteiger partial charge in [-0.05, 0) is 12.1 Å². The predicted molar refractivity (Wildman–Crippen MR) is 47.7 cm³/mol. The molecule has 0 bridgehead atoms. The molecule has 1 saturated carbocycles. The van der Waals surface area contributed by atoms with Crippen molar-refractivity contribution in [2.75, 3.05) is 0 Å². The fourth-order valence-corrected chi connectivity index (χ4v) is 1.72. The second kappa shape index (κ2) is 3.12. The fraction of sp³-hybridized carbons (Fsp3) is 0.300. The summed E-state index contributed by atoms with van der Waals surface area (Å²) in [6.07, 6.45) is 0.852. The molecule has 0 amide bonds. The molecule has 4 nitrogen and oxygen atoms in total. The second-order valence-electron chi connectivity index (χ2n) is 3.64.